The van der Waals surface area contributed by atoms with Crippen molar-refractivity contribution < 1.29 is 14.4 Å². The zero-order valence-corrected chi connectivity index (χ0v) is 8.45. The number of hydrogen-bond acceptors (Lipinski definition) is 3. The van der Waals surface area contributed by atoms with E-state index in [1.165, 1.54) is 12.2 Å². The lowest BCUT2D eigenvalue weighted by molar-refractivity contribution is -0.173. The van der Waals surface area contributed by atoms with Crippen molar-refractivity contribution in [3.8, 4) is 0 Å². The Morgan fingerprint density at radius 3 is 2.54 bits per heavy atom. The van der Waals surface area contributed by atoms with Crippen molar-refractivity contribution in [1.29, 1.82) is 0 Å². The number of hydroxylamine groups is 2. The molecule has 4 nitrogen and oxygen atoms in total. The third-order valence-electron chi connectivity index (χ3n) is 2.65. The SMILES string of the molecule is COC1CCC(C(=O)N(C)OC)C1. The van der Waals surface area contributed by atoms with Crippen molar-refractivity contribution in [3.63, 3.8) is 0 Å². The third-order valence-corrected chi connectivity index (χ3v) is 2.65. The highest BCUT2D eigenvalue weighted by Crippen LogP contribution is 2.28. The molecule has 0 heterocycles. The van der Waals surface area contributed by atoms with Gasteiger partial charge in [-0.2, -0.15) is 0 Å². The van der Waals surface area contributed by atoms with Gasteiger partial charge >= 0.3 is 0 Å². The highest BCUT2D eigenvalue weighted by Gasteiger charge is 2.31. The largest absolute Gasteiger partial charge is 0.381 e. The van der Waals surface area contributed by atoms with E-state index in [0.29, 0.717) is 0 Å². The molecule has 1 saturated carbocycles. The quantitative estimate of drug-likeness (QED) is 0.614. The second-order valence-electron chi connectivity index (χ2n) is 3.39. The van der Waals surface area contributed by atoms with E-state index in [2.05, 4.69) is 0 Å². The number of amides is 1. The molecular formula is C9H17NO3. The summed E-state index contributed by atoms with van der Waals surface area (Å²) in [4.78, 5) is 16.4. The van der Waals surface area contributed by atoms with Crippen LogP contribution >= 0.6 is 0 Å². The summed E-state index contributed by atoms with van der Waals surface area (Å²) in [6.07, 6.45) is 2.96. The van der Waals surface area contributed by atoms with Crippen LogP contribution in [0.3, 0.4) is 0 Å². The predicted molar refractivity (Wildman–Crippen MR) is 47.9 cm³/mol. The number of methoxy groups -OCH3 is 1. The maximum Gasteiger partial charge on any atom is 0.249 e. The van der Waals surface area contributed by atoms with Crippen LogP contribution in [0, 0.1) is 5.92 Å². The van der Waals surface area contributed by atoms with Crippen molar-refractivity contribution in [2.24, 2.45) is 5.92 Å². The monoisotopic (exact) mass is 187 g/mol. The molecule has 2 atom stereocenters. The topological polar surface area (TPSA) is 38.8 Å². The Balaban J connectivity index is 2.41. The molecule has 1 amide bonds. The molecule has 1 rings (SSSR count). The number of rotatable bonds is 3. The van der Waals surface area contributed by atoms with E-state index in [-0.39, 0.29) is 17.9 Å². The van der Waals surface area contributed by atoms with Gasteiger partial charge in [-0.3, -0.25) is 9.63 Å². The molecule has 0 aliphatic heterocycles. The van der Waals surface area contributed by atoms with Gasteiger partial charge in [0.05, 0.1) is 13.2 Å². The van der Waals surface area contributed by atoms with Crippen LogP contribution in [-0.2, 0) is 14.4 Å². The second-order valence-corrected chi connectivity index (χ2v) is 3.39. The lowest BCUT2D eigenvalue weighted by Crippen LogP contribution is -2.31. The minimum Gasteiger partial charge on any atom is -0.381 e. The fourth-order valence-electron chi connectivity index (χ4n) is 1.73. The van der Waals surface area contributed by atoms with Crippen LogP contribution in [0.15, 0.2) is 0 Å². The number of hydrogen-bond donors (Lipinski definition) is 0. The number of nitrogens with zero attached hydrogens (tertiary/aromatic N) is 1. The number of ether oxygens (including phenoxy) is 1. The van der Waals surface area contributed by atoms with Gasteiger partial charge < -0.3 is 4.74 Å². The van der Waals surface area contributed by atoms with E-state index in [9.17, 15) is 4.79 Å². The third kappa shape index (κ3) is 2.42. The molecule has 0 N–H and O–H groups in total. The first kappa shape index (κ1) is 10.5. The van der Waals surface area contributed by atoms with Crippen LogP contribution in [0.4, 0.5) is 0 Å². The standard InChI is InChI=1S/C9H17NO3/c1-10(13-3)9(11)7-4-5-8(6-7)12-2/h7-8H,4-6H2,1-3H3. The molecule has 0 spiro atoms. The minimum absolute atomic E-state index is 0.0575. The Hall–Kier alpha value is -0.610. The van der Waals surface area contributed by atoms with Gasteiger partial charge in [0.2, 0.25) is 5.91 Å². The van der Waals surface area contributed by atoms with E-state index in [1.54, 1.807) is 14.2 Å². The number of carbonyl (C=O) groups is 1. The van der Waals surface area contributed by atoms with E-state index < -0.39 is 0 Å². The van der Waals surface area contributed by atoms with Gasteiger partial charge in [-0.25, -0.2) is 5.06 Å². The second kappa shape index (κ2) is 4.58. The Morgan fingerprint density at radius 2 is 2.08 bits per heavy atom. The van der Waals surface area contributed by atoms with E-state index in [4.69, 9.17) is 9.57 Å². The summed E-state index contributed by atoms with van der Waals surface area (Å²) < 4.78 is 5.19. The van der Waals surface area contributed by atoms with Gasteiger partial charge in [0.15, 0.2) is 0 Å². The summed E-state index contributed by atoms with van der Waals surface area (Å²) in [5, 5.41) is 1.29. The summed E-state index contributed by atoms with van der Waals surface area (Å²) in [6.45, 7) is 0. The average Bonchev–Trinajstić information content (AvgIpc) is 2.63. The molecule has 76 valence electrons. The normalized spacial score (nSPS) is 27.6. The van der Waals surface area contributed by atoms with Gasteiger partial charge in [0, 0.05) is 20.1 Å². The fourth-order valence-corrected chi connectivity index (χ4v) is 1.73. The first-order valence-electron chi connectivity index (χ1n) is 4.53. The van der Waals surface area contributed by atoms with E-state index >= 15 is 0 Å². The van der Waals surface area contributed by atoms with E-state index in [1.807, 2.05) is 0 Å². The fraction of sp³-hybridized carbons (Fsp3) is 0.889. The molecule has 0 radical (unpaired) electrons. The van der Waals surface area contributed by atoms with Crippen LogP contribution in [0.25, 0.3) is 0 Å². The molecule has 4 heteroatoms. The molecule has 0 saturated heterocycles. The van der Waals surface area contributed by atoms with Crippen molar-refractivity contribution in [2.45, 2.75) is 25.4 Å². The molecule has 13 heavy (non-hydrogen) atoms. The summed E-state index contributed by atoms with van der Waals surface area (Å²) in [5.41, 5.74) is 0. The van der Waals surface area contributed by atoms with Crippen LogP contribution in [0.5, 0.6) is 0 Å². The molecular weight excluding hydrogens is 170 g/mol. The summed E-state index contributed by atoms with van der Waals surface area (Å²) in [6, 6.07) is 0. The molecule has 0 aromatic carbocycles. The average molecular weight is 187 g/mol. The van der Waals surface area contributed by atoms with Crippen molar-refractivity contribution in [1.82, 2.24) is 5.06 Å². The Labute approximate surface area is 78.8 Å². The van der Waals surface area contributed by atoms with Gasteiger partial charge in [0.1, 0.15) is 0 Å². The summed E-state index contributed by atoms with van der Waals surface area (Å²) >= 11 is 0. The zero-order chi connectivity index (χ0) is 9.84. The maximum atomic E-state index is 11.6. The molecule has 2 unspecified atom stereocenters. The smallest absolute Gasteiger partial charge is 0.249 e. The highest BCUT2D eigenvalue weighted by atomic mass is 16.7. The van der Waals surface area contributed by atoms with Crippen LogP contribution in [0.2, 0.25) is 0 Å². The molecule has 0 aromatic rings. The number of carbonyl (C=O) groups excluding carboxylic acids is 1. The van der Waals surface area contributed by atoms with Crippen LogP contribution in [-0.4, -0.2) is 38.3 Å². The summed E-state index contributed by atoms with van der Waals surface area (Å²) in [7, 11) is 4.83. The molecule has 1 aliphatic rings. The van der Waals surface area contributed by atoms with Gasteiger partial charge in [-0.15, -0.1) is 0 Å². The van der Waals surface area contributed by atoms with Gasteiger partial charge in [-0.1, -0.05) is 0 Å². The van der Waals surface area contributed by atoms with Crippen LogP contribution in [0.1, 0.15) is 19.3 Å². The first-order chi connectivity index (χ1) is 6.19. The van der Waals surface area contributed by atoms with Gasteiger partial charge in [0.25, 0.3) is 0 Å². The lowest BCUT2D eigenvalue weighted by Gasteiger charge is -2.17. The maximum absolute atomic E-state index is 11.6. The lowest BCUT2D eigenvalue weighted by atomic mass is 10.1. The van der Waals surface area contributed by atoms with Crippen molar-refractivity contribution in [2.75, 3.05) is 21.3 Å². The van der Waals surface area contributed by atoms with Crippen molar-refractivity contribution >= 4 is 5.91 Å². The Morgan fingerprint density at radius 1 is 1.38 bits per heavy atom. The van der Waals surface area contributed by atoms with Gasteiger partial charge in [-0.05, 0) is 19.3 Å². The molecule has 1 fully saturated rings. The van der Waals surface area contributed by atoms with Crippen LogP contribution < -0.4 is 0 Å². The molecule has 0 aromatic heterocycles. The highest BCUT2D eigenvalue weighted by molar-refractivity contribution is 5.77. The molecule has 1 aliphatic carbocycles. The zero-order valence-electron chi connectivity index (χ0n) is 8.45. The Bertz CT molecular complexity index is 184. The van der Waals surface area contributed by atoms with E-state index in [0.717, 1.165) is 19.3 Å². The predicted octanol–water partition coefficient (Wildman–Crippen LogP) is 0.821. The van der Waals surface area contributed by atoms with Crippen molar-refractivity contribution in [3.05, 3.63) is 0 Å². The summed E-state index contributed by atoms with van der Waals surface area (Å²) in [5.74, 6) is 0.136. The Kier molecular flexibility index (Phi) is 3.69. The first-order valence-corrected chi connectivity index (χ1v) is 4.53. The molecule has 0 bridgehead atoms. The minimum atomic E-state index is 0.0575.